The summed E-state index contributed by atoms with van der Waals surface area (Å²) in [5, 5.41) is 0. The highest BCUT2D eigenvalue weighted by molar-refractivity contribution is 6.00. The van der Waals surface area contributed by atoms with Crippen LogP contribution < -0.4 is 0 Å². The Hall–Kier alpha value is -2.02. The van der Waals surface area contributed by atoms with E-state index in [0.717, 1.165) is 0 Å². The van der Waals surface area contributed by atoms with Crippen molar-refractivity contribution in [3.05, 3.63) is 25.3 Å². The molecule has 4 heteroatoms. The van der Waals surface area contributed by atoms with Crippen molar-refractivity contribution in [3.8, 4) is 11.8 Å². The number of esters is 2. The standard InChI is InChI=1S/C13H16O4/c1-5-7-8-10-13(9-6-2,11(14)16-3)12(15)17-4/h5-6H,1-2,9-10H2,3-4H3. The van der Waals surface area contributed by atoms with Crippen molar-refractivity contribution < 1.29 is 19.1 Å². The van der Waals surface area contributed by atoms with Crippen LogP contribution in [0, 0.1) is 17.3 Å². The second kappa shape index (κ2) is 7.29. The van der Waals surface area contributed by atoms with Crippen LogP contribution in [0.25, 0.3) is 0 Å². The van der Waals surface area contributed by atoms with E-state index >= 15 is 0 Å². The van der Waals surface area contributed by atoms with Gasteiger partial charge >= 0.3 is 11.9 Å². The highest BCUT2D eigenvalue weighted by atomic mass is 16.5. The summed E-state index contributed by atoms with van der Waals surface area (Å²) in [6, 6.07) is 0. The zero-order chi connectivity index (χ0) is 13.3. The molecule has 0 unspecified atom stereocenters. The van der Waals surface area contributed by atoms with Crippen LogP contribution in [-0.4, -0.2) is 26.2 Å². The molecule has 0 aliphatic carbocycles. The first-order valence-electron chi connectivity index (χ1n) is 4.96. The van der Waals surface area contributed by atoms with Crippen molar-refractivity contribution in [2.75, 3.05) is 14.2 Å². The summed E-state index contributed by atoms with van der Waals surface area (Å²) in [4.78, 5) is 23.5. The van der Waals surface area contributed by atoms with Gasteiger partial charge in [0, 0.05) is 6.42 Å². The third kappa shape index (κ3) is 3.49. The number of hydrogen-bond acceptors (Lipinski definition) is 4. The van der Waals surface area contributed by atoms with Gasteiger partial charge in [0.25, 0.3) is 0 Å². The van der Waals surface area contributed by atoms with Gasteiger partial charge in [0.1, 0.15) is 0 Å². The Morgan fingerprint density at radius 3 is 2.12 bits per heavy atom. The van der Waals surface area contributed by atoms with Crippen LogP contribution in [0.1, 0.15) is 12.8 Å². The molecule has 0 saturated heterocycles. The summed E-state index contributed by atoms with van der Waals surface area (Å²) in [7, 11) is 2.42. The molecule has 0 amide bonds. The largest absolute Gasteiger partial charge is 0.468 e. The van der Waals surface area contributed by atoms with E-state index in [1.165, 1.54) is 26.4 Å². The Bertz CT molecular complexity index is 355. The topological polar surface area (TPSA) is 52.6 Å². The lowest BCUT2D eigenvalue weighted by Gasteiger charge is -2.24. The molecule has 17 heavy (non-hydrogen) atoms. The molecule has 0 rings (SSSR count). The van der Waals surface area contributed by atoms with Crippen molar-refractivity contribution in [3.63, 3.8) is 0 Å². The number of methoxy groups -OCH3 is 2. The van der Waals surface area contributed by atoms with Crippen molar-refractivity contribution in [2.24, 2.45) is 5.41 Å². The second-order valence-corrected chi connectivity index (χ2v) is 3.26. The SMILES string of the molecule is C=CC#CCC(CC=C)(C(=O)OC)C(=O)OC. The second-order valence-electron chi connectivity index (χ2n) is 3.26. The number of carbonyl (C=O) groups is 2. The minimum Gasteiger partial charge on any atom is -0.468 e. The molecule has 0 aromatic carbocycles. The van der Waals surface area contributed by atoms with E-state index in [1.807, 2.05) is 0 Å². The molecule has 0 aliphatic heterocycles. The Kier molecular flexibility index (Phi) is 6.42. The van der Waals surface area contributed by atoms with Gasteiger partial charge in [-0.15, -0.1) is 6.58 Å². The van der Waals surface area contributed by atoms with Crippen LogP contribution in [0.3, 0.4) is 0 Å². The van der Waals surface area contributed by atoms with E-state index in [9.17, 15) is 9.59 Å². The maximum Gasteiger partial charge on any atom is 0.324 e. The molecule has 4 nitrogen and oxygen atoms in total. The van der Waals surface area contributed by atoms with Gasteiger partial charge in [0.2, 0.25) is 0 Å². The Morgan fingerprint density at radius 1 is 1.24 bits per heavy atom. The minimum absolute atomic E-state index is 0.00435. The molecule has 0 heterocycles. The molecule has 0 spiro atoms. The molecule has 0 aliphatic rings. The molecule has 92 valence electrons. The van der Waals surface area contributed by atoms with E-state index in [-0.39, 0.29) is 12.8 Å². The highest BCUT2D eigenvalue weighted by Crippen LogP contribution is 2.30. The summed E-state index contributed by atoms with van der Waals surface area (Å²) >= 11 is 0. The molecule has 0 N–H and O–H groups in total. The van der Waals surface area contributed by atoms with Gasteiger partial charge in [-0.05, 0) is 12.5 Å². The van der Waals surface area contributed by atoms with Gasteiger partial charge in [-0.1, -0.05) is 24.5 Å². The predicted octanol–water partition coefficient (Wildman–Crippen LogP) is 1.47. The average molecular weight is 236 g/mol. The van der Waals surface area contributed by atoms with Crippen LogP contribution in [0.4, 0.5) is 0 Å². The maximum absolute atomic E-state index is 11.8. The normalized spacial score (nSPS) is 9.53. The van der Waals surface area contributed by atoms with Crippen molar-refractivity contribution in [1.82, 2.24) is 0 Å². The lowest BCUT2D eigenvalue weighted by atomic mass is 9.81. The quantitative estimate of drug-likeness (QED) is 0.314. The summed E-state index contributed by atoms with van der Waals surface area (Å²) in [6.07, 6.45) is 2.96. The van der Waals surface area contributed by atoms with Crippen LogP contribution in [0.2, 0.25) is 0 Å². The van der Waals surface area contributed by atoms with Gasteiger partial charge in [0.05, 0.1) is 14.2 Å². The monoisotopic (exact) mass is 236 g/mol. The van der Waals surface area contributed by atoms with E-state index in [4.69, 9.17) is 0 Å². The Labute approximate surface area is 101 Å². The third-order valence-electron chi connectivity index (χ3n) is 2.24. The zero-order valence-electron chi connectivity index (χ0n) is 10.1. The molecule has 0 aromatic rings. The fourth-order valence-corrected chi connectivity index (χ4v) is 1.38. The number of rotatable bonds is 5. The van der Waals surface area contributed by atoms with E-state index in [1.54, 1.807) is 0 Å². The average Bonchev–Trinajstić information content (AvgIpc) is 2.35. The Balaban J connectivity index is 5.37. The molecular formula is C13H16O4. The van der Waals surface area contributed by atoms with Crippen LogP contribution in [0.5, 0.6) is 0 Å². The molecule has 0 aromatic heterocycles. The number of allylic oxidation sites excluding steroid dienone is 2. The van der Waals surface area contributed by atoms with Gasteiger partial charge in [-0.3, -0.25) is 9.59 Å². The molecule has 0 fully saturated rings. The van der Waals surface area contributed by atoms with Crippen LogP contribution in [-0.2, 0) is 19.1 Å². The molecule has 0 bridgehead atoms. The van der Waals surface area contributed by atoms with Crippen LogP contribution in [0.15, 0.2) is 25.3 Å². The van der Waals surface area contributed by atoms with Gasteiger partial charge in [-0.25, -0.2) is 0 Å². The van der Waals surface area contributed by atoms with Gasteiger partial charge < -0.3 is 9.47 Å². The van der Waals surface area contributed by atoms with E-state index in [0.29, 0.717) is 0 Å². The third-order valence-corrected chi connectivity index (χ3v) is 2.24. The fourth-order valence-electron chi connectivity index (χ4n) is 1.38. The Morgan fingerprint density at radius 2 is 1.76 bits per heavy atom. The summed E-state index contributed by atoms with van der Waals surface area (Å²) in [6.45, 7) is 6.95. The van der Waals surface area contributed by atoms with Crippen molar-refractivity contribution >= 4 is 11.9 Å². The van der Waals surface area contributed by atoms with Crippen molar-refractivity contribution in [2.45, 2.75) is 12.8 Å². The molecular weight excluding hydrogens is 220 g/mol. The smallest absolute Gasteiger partial charge is 0.324 e. The van der Waals surface area contributed by atoms with E-state index < -0.39 is 17.4 Å². The maximum atomic E-state index is 11.8. The summed E-state index contributed by atoms with van der Waals surface area (Å²) in [5.41, 5.74) is -1.44. The minimum atomic E-state index is -1.44. The van der Waals surface area contributed by atoms with Crippen molar-refractivity contribution in [1.29, 1.82) is 0 Å². The van der Waals surface area contributed by atoms with E-state index in [2.05, 4.69) is 34.5 Å². The first-order valence-corrected chi connectivity index (χ1v) is 4.96. The summed E-state index contributed by atoms with van der Waals surface area (Å²) < 4.78 is 9.28. The first-order chi connectivity index (χ1) is 8.08. The first kappa shape index (κ1) is 15.0. The summed E-state index contributed by atoms with van der Waals surface area (Å²) in [5.74, 6) is 3.90. The zero-order valence-corrected chi connectivity index (χ0v) is 10.1. The highest BCUT2D eigenvalue weighted by Gasteiger charge is 2.46. The number of carbonyl (C=O) groups excluding carboxylic acids is 2. The van der Waals surface area contributed by atoms with Crippen LogP contribution >= 0.6 is 0 Å². The lowest BCUT2D eigenvalue weighted by molar-refractivity contribution is -0.168. The molecule has 0 saturated carbocycles. The van der Waals surface area contributed by atoms with Gasteiger partial charge in [-0.2, -0.15) is 0 Å². The number of hydrogen-bond donors (Lipinski definition) is 0. The fraction of sp³-hybridized carbons (Fsp3) is 0.385. The lowest BCUT2D eigenvalue weighted by Crippen LogP contribution is -2.40. The molecule has 0 radical (unpaired) electrons. The molecule has 0 atom stereocenters. The number of ether oxygens (including phenoxy) is 2. The van der Waals surface area contributed by atoms with Gasteiger partial charge in [0.15, 0.2) is 5.41 Å². The predicted molar refractivity (Wildman–Crippen MR) is 63.9 cm³/mol.